The number of anilines is 9. The van der Waals surface area contributed by atoms with E-state index in [0.29, 0.717) is 0 Å². The Morgan fingerprint density at radius 3 is 0.583 bits per heavy atom. The van der Waals surface area contributed by atoms with Gasteiger partial charge in [-0.1, -0.05) is 386 Å². The molecular formula is C129H99N3. The van der Waals surface area contributed by atoms with E-state index >= 15 is 0 Å². The van der Waals surface area contributed by atoms with Crippen LogP contribution in [-0.4, -0.2) is 0 Å². The quantitative estimate of drug-likeness (QED) is 0.0848. The predicted octanol–water partition coefficient (Wildman–Crippen LogP) is 34.2. The van der Waals surface area contributed by atoms with Crippen molar-refractivity contribution in [3.63, 3.8) is 0 Å². The van der Waals surface area contributed by atoms with Crippen LogP contribution >= 0.6 is 0 Å². The molecule has 0 radical (unpaired) electrons. The number of unbranched alkanes of at least 4 members (excludes halogenated alkanes) is 3. The number of benzene rings is 19. The maximum atomic E-state index is 2.67. The maximum absolute atomic E-state index is 2.67. The van der Waals surface area contributed by atoms with Crippen LogP contribution in [0.15, 0.2) is 437 Å². The van der Waals surface area contributed by atoms with Crippen molar-refractivity contribution in [2.45, 2.75) is 94.8 Å². The zero-order valence-electron chi connectivity index (χ0n) is 74.8. The molecule has 0 amide bonds. The highest BCUT2D eigenvalue weighted by Crippen LogP contribution is 2.78. The van der Waals surface area contributed by atoms with Crippen molar-refractivity contribution >= 4 is 51.2 Å². The number of hydrogen-bond donors (Lipinski definition) is 0. The lowest BCUT2D eigenvalue weighted by Crippen LogP contribution is -2.39. The highest BCUT2D eigenvalue weighted by Gasteiger charge is 2.65. The number of nitrogens with zero attached hydrogens (tertiary/aromatic N) is 3. The molecule has 25 rings (SSSR count). The Hall–Kier alpha value is -15.4. The summed E-state index contributed by atoms with van der Waals surface area (Å²) < 4.78 is 0. The molecule has 0 atom stereocenters. The molecule has 630 valence electrons. The van der Waals surface area contributed by atoms with Crippen molar-refractivity contribution in [2.24, 2.45) is 0 Å². The van der Waals surface area contributed by atoms with Crippen LogP contribution in [0.3, 0.4) is 0 Å². The van der Waals surface area contributed by atoms with Crippen LogP contribution in [0.4, 0.5) is 51.2 Å². The lowest BCUT2D eigenvalue weighted by Gasteiger charge is -2.48. The molecule has 3 aliphatic heterocycles. The minimum Gasteiger partial charge on any atom is -0.310 e. The minimum atomic E-state index is -1.05. The van der Waals surface area contributed by atoms with E-state index in [1.807, 2.05) is 0 Å². The van der Waals surface area contributed by atoms with Crippen LogP contribution < -0.4 is 14.7 Å². The van der Waals surface area contributed by atoms with E-state index in [4.69, 9.17) is 0 Å². The molecule has 0 saturated carbocycles. The first-order chi connectivity index (χ1) is 65.4. The van der Waals surface area contributed by atoms with Crippen molar-refractivity contribution in [2.75, 3.05) is 14.7 Å². The molecule has 132 heavy (non-hydrogen) atoms. The Bertz CT molecular complexity index is 6820. The van der Waals surface area contributed by atoms with E-state index in [0.717, 1.165) is 142 Å². The van der Waals surface area contributed by atoms with Gasteiger partial charge in [-0.25, -0.2) is 0 Å². The molecule has 3 nitrogen and oxygen atoms in total. The summed E-state index contributed by atoms with van der Waals surface area (Å²) in [5, 5.41) is 0. The Morgan fingerprint density at radius 1 is 0.174 bits per heavy atom. The smallest absolute Gasteiger partial charge is 0.0760 e. The fourth-order valence-corrected chi connectivity index (χ4v) is 24.1. The molecule has 3 heterocycles. The van der Waals surface area contributed by atoms with Crippen LogP contribution in [0.2, 0.25) is 0 Å². The van der Waals surface area contributed by atoms with Crippen LogP contribution in [0.5, 0.6) is 0 Å². The van der Waals surface area contributed by atoms with Crippen LogP contribution in [0, 0.1) is 0 Å². The number of fused-ring (bicyclic) bond motifs is 30. The second kappa shape index (κ2) is 31.8. The highest BCUT2D eigenvalue weighted by molar-refractivity contribution is 6.14. The van der Waals surface area contributed by atoms with Crippen LogP contribution in [0.1, 0.15) is 143 Å². The zero-order valence-corrected chi connectivity index (χ0v) is 74.8. The van der Waals surface area contributed by atoms with Gasteiger partial charge >= 0.3 is 0 Å². The largest absolute Gasteiger partial charge is 0.310 e. The molecule has 19 aromatic rings. The Labute approximate surface area is 775 Å². The van der Waals surface area contributed by atoms with Gasteiger partial charge in [-0.2, -0.15) is 0 Å². The van der Waals surface area contributed by atoms with Crippen molar-refractivity contribution in [3.8, 4) is 100 Å². The van der Waals surface area contributed by atoms with Crippen LogP contribution in [0.25, 0.3) is 100 Å². The zero-order chi connectivity index (χ0) is 87.8. The van der Waals surface area contributed by atoms with Gasteiger partial charge in [0.25, 0.3) is 0 Å². The van der Waals surface area contributed by atoms with Crippen molar-refractivity contribution in [3.05, 3.63) is 520 Å². The summed E-state index contributed by atoms with van der Waals surface area (Å²) in [7, 11) is 0. The second-order valence-electron chi connectivity index (χ2n) is 37.0. The lowest BCUT2D eigenvalue weighted by molar-refractivity contribution is 0.727. The van der Waals surface area contributed by atoms with Crippen molar-refractivity contribution < 1.29 is 0 Å². The average Bonchev–Trinajstić information content (AvgIpc) is 1.45. The Kier molecular flexibility index (Phi) is 19.0. The van der Waals surface area contributed by atoms with E-state index in [2.05, 4.69) is 472 Å². The first-order valence-corrected chi connectivity index (χ1v) is 47.8. The van der Waals surface area contributed by atoms with Gasteiger partial charge in [-0.05, 0) is 313 Å². The molecule has 3 aliphatic carbocycles. The van der Waals surface area contributed by atoms with Crippen molar-refractivity contribution in [1.29, 1.82) is 0 Å². The van der Waals surface area contributed by atoms with Crippen LogP contribution in [-0.2, 0) is 35.5 Å². The summed E-state index contributed by atoms with van der Waals surface area (Å²) >= 11 is 0. The Morgan fingerprint density at radius 2 is 0.364 bits per heavy atom. The average molecular weight is 1690 g/mol. The van der Waals surface area contributed by atoms with Gasteiger partial charge in [0.15, 0.2) is 0 Å². The molecule has 3 spiro atoms. The maximum Gasteiger partial charge on any atom is 0.0760 e. The molecule has 0 fully saturated rings. The first kappa shape index (κ1) is 78.8. The van der Waals surface area contributed by atoms with Gasteiger partial charge in [0, 0.05) is 17.1 Å². The fourth-order valence-electron chi connectivity index (χ4n) is 24.1. The van der Waals surface area contributed by atoms with E-state index in [-0.39, 0.29) is 0 Å². The monoisotopic (exact) mass is 1690 g/mol. The Balaban J connectivity index is 0.881. The van der Waals surface area contributed by atoms with E-state index < -0.39 is 16.2 Å². The number of hydrogen-bond acceptors (Lipinski definition) is 3. The highest BCUT2D eigenvalue weighted by atomic mass is 15.2. The third kappa shape index (κ3) is 11.8. The molecule has 0 unspecified atom stereocenters. The molecule has 0 aromatic heterocycles. The summed E-state index contributed by atoms with van der Waals surface area (Å²) in [5.74, 6) is 0. The standard InChI is InChI=1S/C129H99N3/c1-4-7-31-85-52-73-100(74-53-85)130-115-46-25-19-40-106(115)127(107-41-20-26-47-116(107)130)112-82-97(94-64-58-91(59-65-94)88-34-13-10-14-35-88)70-79-103(112)121-124(127)122-104-80-71-98(95-66-60-92(61-67-95)89-36-15-11-16-37-89)83-113(104)128(108-42-21-27-48-117(108)131(118-49-28-22-43-109(118)128)101-75-54-86(55-76-101)32-8-5-2)126(122)123-105-81-72-99(96-68-62-93(63-69-96)90-38-17-12-18-39-90)84-114(105)129(125(121)123)110-44-23-29-50-119(110)132(120-51-30-24-45-111(120)129)102-77-56-87(57-78-102)33-9-6-3/h10-30,34-84H,4-9,31-33H2,1-3H3. The first-order valence-electron chi connectivity index (χ1n) is 47.8. The molecule has 3 heteroatoms. The van der Waals surface area contributed by atoms with E-state index in [1.54, 1.807) is 0 Å². The van der Waals surface area contributed by atoms with E-state index in [9.17, 15) is 0 Å². The summed E-state index contributed by atoms with van der Waals surface area (Å²) in [5.41, 5.74) is 47.9. The molecule has 0 saturated heterocycles. The molecule has 0 N–H and O–H groups in total. The fraction of sp³-hybridized carbons (Fsp3) is 0.116. The third-order valence-corrected chi connectivity index (χ3v) is 30.0. The number of aryl methyl sites for hydroxylation is 3. The third-order valence-electron chi connectivity index (χ3n) is 30.0. The normalized spacial score (nSPS) is 14.0. The summed E-state index contributed by atoms with van der Waals surface area (Å²) in [4.78, 5) is 7.85. The topological polar surface area (TPSA) is 9.72 Å². The van der Waals surface area contributed by atoms with Crippen molar-refractivity contribution in [1.82, 2.24) is 0 Å². The van der Waals surface area contributed by atoms with Gasteiger partial charge in [-0.15, -0.1) is 0 Å². The molecule has 19 aromatic carbocycles. The van der Waals surface area contributed by atoms with Gasteiger partial charge in [0.05, 0.1) is 50.4 Å². The SMILES string of the molecule is CCCCc1ccc(N2c3ccccc3C3(c4cc(-c5ccc(-c6ccccc6)cc5)ccc4-c4c3c3c(c5c4C4(c6cc(-c7ccc(-c8ccccc8)cc7)ccc6-5)c5ccccc5N(c5ccc(CCCC)cc5)c5ccccc54)C4(c5cc(-c6ccc(-c7ccccc7)cc6)ccc5-3)c3ccccc3N(c3ccc(CCCC)cc3)c3ccccc34)c3ccccc32)cc1. The summed E-state index contributed by atoms with van der Waals surface area (Å²) in [6, 6.07) is 171. The van der Waals surface area contributed by atoms with Gasteiger partial charge in [-0.3, -0.25) is 0 Å². The van der Waals surface area contributed by atoms with E-state index in [1.165, 1.54) is 150 Å². The second-order valence-corrected chi connectivity index (χ2v) is 37.0. The minimum absolute atomic E-state index is 1.03. The number of rotatable bonds is 18. The summed E-state index contributed by atoms with van der Waals surface area (Å²) in [6.07, 6.45) is 9.92. The molecular weight excluding hydrogens is 1590 g/mol. The van der Waals surface area contributed by atoms with Gasteiger partial charge in [0.2, 0.25) is 0 Å². The predicted molar refractivity (Wildman–Crippen MR) is 552 cm³/mol. The molecule has 0 bridgehead atoms. The molecule has 6 aliphatic rings. The summed E-state index contributed by atoms with van der Waals surface area (Å²) in [6.45, 7) is 6.90. The van der Waals surface area contributed by atoms with Gasteiger partial charge < -0.3 is 14.7 Å². The van der Waals surface area contributed by atoms with Gasteiger partial charge in [0.1, 0.15) is 0 Å². The number of para-hydroxylation sites is 6. The lowest BCUT2D eigenvalue weighted by atomic mass is 9.58.